The Morgan fingerprint density at radius 1 is 1.44 bits per heavy atom. The van der Waals surface area contributed by atoms with Gasteiger partial charge in [0.2, 0.25) is 5.91 Å². The van der Waals surface area contributed by atoms with Crippen molar-refractivity contribution in [1.82, 2.24) is 10.2 Å². The van der Waals surface area contributed by atoms with Gasteiger partial charge in [-0.2, -0.15) is 0 Å². The summed E-state index contributed by atoms with van der Waals surface area (Å²) in [5, 5.41) is 3.07. The lowest BCUT2D eigenvalue weighted by Crippen LogP contribution is -2.42. The standard InChI is InChI=1S/C21H32N2O4/c1-13(2)25-11-20(24)22-8-17-18-10-23(9-16-7-14(3)15(4)26-16)12-21(18)6-5-19(17)27-21/h7,13,17-19H,5-6,8-12H2,1-4H3,(H,22,24)/t17-,18+,19+,21+/m0/s1. The van der Waals surface area contributed by atoms with Crippen LogP contribution in [0.2, 0.25) is 0 Å². The Morgan fingerprint density at radius 3 is 2.96 bits per heavy atom. The number of carbonyl (C=O) groups excluding carboxylic acids is 1. The fourth-order valence-corrected chi connectivity index (χ4v) is 5.15. The average molecular weight is 376 g/mol. The second-order valence-electron chi connectivity index (χ2n) is 8.82. The normalized spacial score (nSPS) is 32.4. The molecule has 1 aromatic rings. The molecule has 3 fully saturated rings. The van der Waals surface area contributed by atoms with E-state index in [-0.39, 0.29) is 30.3 Å². The summed E-state index contributed by atoms with van der Waals surface area (Å²) >= 11 is 0. The highest BCUT2D eigenvalue weighted by Gasteiger charge is 2.62. The maximum absolute atomic E-state index is 12.0. The van der Waals surface area contributed by atoms with E-state index in [0.29, 0.717) is 18.4 Å². The van der Waals surface area contributed by atoms with Gasteiger partial charge in [-0.25, -0.2) is 0 Å². The van der Waals surface area contributed by atoms with Crippen LogP contribution in [0.4, 0.5) is 0 Å². The van der Waals surface area contributed by atoms with Gasteiger partial charge in [0.25, 0.3) is 0 Å². The summed E-state index contributed by atoms with van der Waals surface area (Å²) in [5.41, 5.74) is 1.19. The van der Waals surface area contributed by atoms with Crippen LogP contribution >= 0.6 is 0 Å². The first kappa shape index (κ1) is 19.0. The number of hydrogen-bond donors (Lipinski definition) is 1. The predicted molar refractivity (Wildman–Crippen MR) is 101 cm³/mol. The molecule has 3 saturated heterocycles. The minimum atomic E-state index is -0.0306. The van der Waals surface area contributed by atoms with E-state index in [0.717, 1.165) is 44.0 Å². The van der Waals surface area contributed by atoms with Gasteiger partial charge in [-0.1, -0.05) is 0 Å². The molecule has 1 spiro atoms. The van der Waals surface area contributed by atoms with Gasteiger partial charge in [0.05, 0.1) is 24.4 Å². The van der Waals surface area contributed by atoms with Crippen LogP contribution in [0.1, 0.15) is 43.8 Å². The van der Waals surface area contributed by atoms with E-state index in [2.05, 4.69) is 23.2 Å². The molecule has 6 nitrogen and oxygen atoms in total. The van der Waals surface area contributed by atoms with Crippen molar-refractivity contribution in [3.63, 3.8) is 0 Å². The minimum absolute atomic E-state index is 0.0226. The third kappa shape index (κ3) is 3.67. The Morgan fingerprint density at radius 2 is 2.26 bits per heavy atom. The van der Waals surface area contributed by atoms with Crippen molar-refractivity contribution in [3.05, 3.63) is 23.2 Å². The van der Waals surface area contributed by atoms with E-state index in [9.17, 15) is 4.79 Å². The summed E-state index contributed by atoms with van der Waals surface area (Å²) < 4.78 is 17.7. The van der Waals surface area contributed by atoms with E-state index < -0.39 is 0 Å². The molecule has 1 aromatic heterocycles. The van der Waals surface area contributed by atoms with Gasteiger partial charge >= 0.3 is 0 Å². The Hall–Kier alpha value is -1.37. The summed E-state index contributed by atoms with van der Waals surface area (Å²) in [6, 6.07) is 2.14. The fraction of sp³-hybridized carbons (Fsp3) is 0.762. The van der Waals surface area contributed by atoms with Crippen LogP contribution in [0.5, 0.6) is 0 Å². The van der Waals surface area contributed by atoms with Crippen LogP contribution in [0, 0.1) is 25.7 Å². The SMILES string of the molecule is Cc1cc(CN2C[C@@H]3[C@H](CNC(=O)COC(C)C)[C@H]4CC[C@]3(C2)O4)oc1C. The maximum Gasteiger partial charge on any atom is 0.246 e. The van der Waals surface area contributed by atoms with Gasteiger partial charge in [-0.05, 0) is 52.2 Å². The Bertz CT molecular complexity index is 681. The quantitative estimate of drug-likeness (QED) is 0.792. The average Bonchev–Trinajstić information content (AvgIpc) is 3.31. The number of fused-ring (bicyclic) bond motifs is 1. The number of carbonyl (C=O) groups is 1. The molecule has 4 heterocycles. The van der Waals surface area contributed by atoms with Crippen LogP contribution in [-0.4, -0.2) is 54.9 Å². The third-order valence-electron chi connectivity index (χ3n) is 6.53. The monoisotopic (exact) mass is 376 g/mol. The molecule has 0 saturated carbocycles. The van der Waals surface area contributed by atoms with E-state index >= 15 is 0 Å². The van der Waals surface area contributed by atoms with Crippen molar-refractivity contribution in [2.75, 3.05) is 26.2 Å². The predicted octanol–water partition coefficient (Wildman–Crippen LogP) is 2.42. The van der Waals surface area contributed by atoms with Crippen molar-refractivity contribution < 1.29 is 18.7 Å². The smallest absolute Gasteiger partial charge is 0.246 e. The third-order valence-corrected chi connectivity index (χ3v) is 6.53. The molecular weight excluding hydrogens is 344 g/mol. The lowest BCUT2D eigenvalue weighted by Gasteiger charge is -2.29. The van der Waals surface area contributed by atoms with Crippen molar-refractivity contribution in [2.24, 2.45) is 11.8 Å². The maximum atomic E-state index is 12.0. The number of nitrogens with one attached hydrogen (secondary N) is 1. The second-order valence-corrected chi connectivity index (χ2v) is 8.82. The molecule has 3 aliphatic rings. The number of rotatable bonds is 7. The Labute approximate surface area is 161 Å². The van der Waals surface area contributed by atoms with Crippen LogP contribution in [0.3, 0.4) is 0 Å². The molecule has 0 aromatic carbocycles. The van der Waals surface area contributed by atoms with Gasteiger partial charge < -0.3 is 19.2 Å². The highest BCUT2D eigenvalue weighted by atomic mass is 16.5. The molecule has 0 radical (unpaired) electrons. The molecule has 0 unspecified atom stereocenters. The van der Waals surface area contributed by atoms with Crippen molar-refractivity contribution in [1.29, 1.82) is 0 Å². The summed E-state index contributed by atoms with van der Waals surface area (Å²) in [6.07, 6.45) is 2.60. The number of likely N-dealkylation sites (tertiary alicyclic amines) is 1. The van der Waals surface area contributed by atoms with Gasteiger partial charge in [0.15, 0.2) is 0 Å². The second kappa shape index (κ2) is 7.22. The van der Waals surface area contributed by atoms with E-state index in [1.165, 1.54) is 5.56 Å². The number of nitrogens with zero attached hydrogens (tertiary/aromatic N) is 1. The molecule has 4 atom stereocenters. The summed E-state index contributed by atoms with van der Waals surface area (Å²) in [5.74, 6) is 2.89. The summed E-state index contributed by atoms with van der Waals surface area (Å²) in [4.78, 5) is 14.5. The molecule has 4 rings (SSSR count). The molecular formula is C21H32N2O4. The van der Waals surface area contributed by atoms with Crippen molar-refractivity contribution >= 4 is 5.91 Å². The van der Waals surface area contributed by atoms with Crippen LogP contribution < -0.4 is 5.32 Å². The van der Waals surface area contributed by atoms with Crippen LogP contribution in [-0.2, 0) is 20.8 Å². The molecule has 2 bridgehead atoms. The lowest BCUT2D eigenvalue weighted by molar-refractivity contribution is -0.127. The van der Waals surface area contributed by atoms with E-state index in [1.54, 1.807) is 0 Å². The topological polar surface area (TPSA) is 63.9 Å². The van der Waals surface area contributed by atoms with Crippen molar-refractivity contribution in [3.8, 4) is 0 Å². The largest absolute Gasteiger partial charge is 0.465 e. The van der Waals surface area contributed by atoms with Crippen molar-refractivity contribution in [2.45, 2.75) is 64.9 Å². The first-order valence-electron chi connectivity index (χ1n) is 10.2. The highest BCUT2D eigenvalue weighted by Crippen LogP contribution is 2.54. The zero-order chi connectivity index (χ0) is 19.2. The first-order chi connectivity index (χ1) is 12.9. The molecule has 6 heteroatoms. The molecule has 1 N–H and O–H groups in total. The summed E-state index contributed by atoms with van der Waals surface area (Å²) in [7, 11) is 0. The zero-order valence-corrected chi connectivity index (χ0v) is 16.9. The van der Waals surface area contributed by atoms with Gasteiger partial charge in [-0.3, -0.25) is 9.69 Å². The lowest BCUT2D eigenvalue weighted by atomic mass is 9.73. The van der Waals surface area contributed by atoms with Gasteiger partial charge in [0.1, 0.15) is 18.1 Å². The molecule has 0 aliphatic carbocycles. The number of aryl methyl sites for hydroxylation is 2. The minimum Gasteiger partial charge on any atom is -0.465 e. The number of amides is 1. The highest BCUT2D eigenvalue weighted by molar-refractivity contribution is 5.77. The van der Waals surface area contributed by atoms with Gasteiger partial charge in [0, 0.05) is 31.5 Å². The van der Waals surface area contributed by atoms with E-state index in [1.807, 2.05) is 20.8 Å². The molecule has 1 amide bonds. The molecule has 3 aliphatic heterocycles. The molecule has 150 valence electrons. The Balaban J connectivity index is 1.35. The first-order valence-corrected chi connectivity index (χ1v) is 10.2. The van der Waals surface area contributed by atoms with Crippen LogP contribution in [0.25, 0.3) is 0 Å². The molecule has 27 heavy (non-hydrogen) atoms. The fourth-order valence-electron chi connectivity index (χ4n) is 5.15. The van der Waals surface area contributed by atoms with E-state index in [4.69, 9.17) is 13.9 Å². The number of furan rings is 1. The number of ether oxygens (including phenoxy) is 2. The number of hydrogen-bond acceptors (Lipinski definition) is 5. The summed E-state index contributed by atoms with van der Waals surface area (Å²) in [6.45, 7) is 11.6. The van der Waals surface area contributed by atoms with Gasteiger partial charge in [-0.15, -0.1) is 0 Å². The van der Waals surface area contributed by atoms with Crippen LogP contribution in [0.15, 0.2) is 10.5 Å². The Kier molecular flexibility index (Phi) is 5.08. The zero-order valence-electron chi connectivity index (χ0n) is 16.9.